The normalized spacial score (nSPS) is 16.0. The van der Waals surface area contributed by atoms with Gasteiger partial charge in [-0.25, -0.2) is 0 Å². The van der Waals surface area contributed by atoms with Gasteiger partial charge in [-0.05, 0) is 51.4 Å². The molecule has 0 bridgehead atoms. The van der Waals surface area contributed by atoms with Crippen LogP contribution in [0.4, 0.5) is 5.95 Å². The fourth-order valence-electron chi connectivity index (χ4n) is 2.48. The van der Waals surface area contributed by atoms with E-state index in [1.807, 2.05) is 4.90 Å². The van der Waals surface area contributed by atoms with Crippen LogP contribution in [0.25, 0.3) is 0 Å². The van der Waals surface area contributed by atoms with Crippen molar-refractivity contribution in [1.82, 2.24) is 19.9 Å². The number of hydrogen-bond acceptors (Lipinski definition) is 6. The molecule has 0 spiro atoms. The summed E-state index contributed by atoms with van der Waals surface area (Å²) in [7, 11) is 0. The van der Waals surface area contributed by atoms with E-state index in [4.69, 9.17) is 16.3 Å². The number of ether oxygens (including phenoxy) is 1. The van der Waals surface area contributed by atoms with Gasteiger partial charge in [0, 0.05) is 19.6 Å². The smallest absolute Gasteiger partial charge is 0.322 e. The molecule has 1 aromatic heterocycles. The molecule has 1 saturated heterocycles. The molecule has 1 aliphatic rings. The van der Waals surface area contributed by atoms with Gasteiger partial charge < -0.3 is 9.64 Å². The molecule has 7 heteroatoms. The highest BCUT2D eigenvalue weighted by Crippen LogP contribution is 2.15. The maximum atomic E-state index is 5.96. The summed E-state index contributed by atoms with van der Waals surface area (Å²) in [5.41, 5.74) is 0. The fraction of sp³-hybridized carbons (Fsp3) is 0.786. The van der Waals surface area contributed by atoms with Gasteiger partial charge in [0.1, 0.15) is 6.61 Å². The van der Waals surface area contributed by atoms with Crippen molar-refractivity contribution < 1.29 is 4.74 Å². The Kier molecular flexibility index (Phi) is 6.45. The van der Waals surface area contributed by atoms with E-state index in [9.17, 15) is 0 Å². The van der Waals surface area contributed by atoms with Gasteiger partial charge in [-0.2, -0.15) is 15.0 Å². The Morgan fingerprint density at radius 2 is 1.81 bits per heavy atom. The molecule has 2 rings (SSSR count). The zero-order chi connectivity index (χ0) is 15.1. The number of nitrogens with zero attached hydrogens (tertiary/aromatic N) is 5. The highest BCUT2D eigenvalue weighted by atomic mass is 35.5. The molecule has 2 heterocycles. The van der Waals surface area contributed by atoms with Crippen LogP contribution in [0.1, 0.15) is 33.1 Å². The highest BCUT2D eigenvalue weighted by molar-refractivity contribution is 6.28. The van der Waals surface area contributed by atoms with Gasteiger partial charge in [0.15, 0.2) is 0 Å². The van der Waals surface area contributed by atoms with E-state index >= 15 is 0 Å². The average Bonchev–Trinajstić information content (AvgIpc) is 2.49. The lowest BCUT2D eigenvalue weighted by atomic mass is 10.1. The van der Waals surface area contributed by atoms with Crippen LogP contribution in [0.15, 0.2) is 0 Å². The Labute approximate surface area is 131 Å². The summed E-state index contributed by atoms with van der Waals surface area (Å²) < 4.78 is 5.65. The molecule has 0 N–H and O–H groups in total. The quantitative estimate of drug-likeness (QED) is 0.769. The molecular weight excluding hydrogens is 290 g/mol. The predicted molar refractivity (Wildman–Crippen MR) is 84.2 cm³/mol. The minimum Gasteiger partial charge on any atom is -0.462 e. The van der Waals surface area contributed by atoms with E-state index in [0.717, 1.165) is 32.7 Å². The third kappa shape index (κ3) is 4.97. The van der Waals surface area contributed by atoms with E-state index in [-0.39, 0.29) is 5.28 Å². The van der Waals surface area contributed by atoms with Crippen LogP contribution in [0.5, 0.6) is 6.01 Å². The molecule has 0 aliphatic carbocycles. The summed E-state index contributed by atoms with van der Waals surface area (Å²) in [6, 6.07) is 0.314. The molecule has 1 aromatic rings. The monoisotopic (exact) mass is 313 g/mol. The lowest BCUT2D eigenvalue weighted by Crippen LogP contribution is -2.33. The summed E-state index contributed by atoms with van der Waals surface area (Å²) in [5, 5.41) is 0.180. The Morgan fingerprint density at radius 1 is 1.10 bits per heavy atom. The number of anilines is 1. The summed E-state index contributed by atoms with van der Waals surface area (Å²) in [4.78, 5) is 17.0. The number of hydrogen-bond donors (Lipinski definition) is 0. The van der Waals surface area contributed by atoms with Crippen LogP contribution >= 0.6 is 11.6 Å². The second-order valence-electron chi connectivity index (χ2n) is 5.11. The van der Waals surface area contributed by atoms with E-state index in [2.05, 4.69) is 33.7 Å². The Balaban J connectivity index is 1.90. The van der Waals surface area contributed by atoms with E-state index < -0.39 is 0 Å². The van der Waals surface area contributed by atoms with Gasteiger partial charge in [-0.1, -0.05) is 6.42 Å². The van der Waals surface area contributed by atoms with Gasteiger partial charge >= 0.3 is 6.01 Å². The summed E-state index contributed by atoms with van der Waals surface area (Å²) in [6.07, 6.45) is 3.90. The SMILES string of the molecule is CCN(CC)c1nc(Cl)nc(OCCN2CCCCC2)n1. The predicted octanol–water partition coefficient (Wildman–Crippen LogP) is 2.24. The summed E-state index contributed by atoms with van der Waals surface area (Å²) >= 11 is 5.96. The molecule has 0 radical (unpaired) electrons. The third-order valence-electron chi connectivity index (χ3n) is 3.71. The number of likely N-dealkylation sites (tertiary alicyclic amines) is 1. The molecule has 6 nitrogen and oxygen atoms in total. The van der Waals surface area contributed by atoms with Crippen molar-refractivity contribution in [2.75, 3.05) is 44.2 Å². The molecule has 0 unspecified atom stereocenters. The van der Waals surface area contributed by atoms with Crippen molar-refractivity contribution in [2.45, 2.75) is 33.1 Å². The minimum atomic E-state index is 0.180. The van der Waals surface area contributed by atoms with Crippen molar-refractivity contribution in [3.05, 3.63) is 5.28 Å². The lowest BCUT2D eigenvalue weighted by molar-refractivity contribution is 0.177. The first-order chi connectivity index (χ1) is 10.2. The molecule has 0 aromatic carbocycles. The summed E-state index contributed by atoms with van der Waals surface area (Å²) in [5.74, 6) is 0.577. The van der Waals surface area contributed by atoms with Crippen molar-refractivity contribution in [2.24, 2.45) is 0 Å². The van der Waals surface area contributed by atoms with E-state index in [1.165, 1.54) is 19.3 Å². The minimum absolute atomic E-state index is 0.180. The van der Waals surface area contributed by atoms with Crippen LogP contribution in [-0.4, -0.2) is 59.2 Å². The number of aromatic nitrogens is 3. The molecule has 0 amide bonds. The average molecular weight is 314 g/mol. The first-order valence-corrected chi connectivity index (χ1v) is 8.12. The number of halogens is 1. The first-order valence-electron chi connectivity index (χ1n) is 7.74. The molecule has 21 heavy (non-hydrogen) atoms. The molecule has 0 saturated carbocycles. The molecule has 118 valence electrons. The van der Waals surface area contributed by atoms with Gasteiger partial charge in [-0.3, -0.25) is 4.90 Å². The van der Waals surface area contributed by atoms with Crippen LogP contribution in [-0.2, 0) is 0 Å². The van der Waals surface area contributed by atoms with Crippen molar-refractivity contribution >= 4 is 17.5 Å². The van der Waals surface area contributed by atoms with Crippen molar-refractivity contribution in [1.29, 1.82) is 0 Å². The second kappa shape index (κ2) is 8.34. The third-order valence-corrected chi connectivity index (χ3v) is 3.88. The van der Waals surface area contributed by atoms with Gasteiger partial charge in [0.2, 0.25) is 11.2 Å². The second-order valence-corrected chi connectivity index (χ2v) is 5.45. The molecule has 0 atom stereocenters. The zero-order valence-corrected chi connectivity index (χ0v) is 13.6. The summed E-state index contributed by atoms with van der Waals surface area (Å²) in [6.45, 7) is 9.56. The highest BCUT2D eigenvalue weighted by Gasteiger charge is 2.13. The Hall–Kier alpha value is -1.14. The Bertz CT molecular complexity index is 435. The molecular formula is C14H24ClN5O. The fourth-order valence-corrected chi connectivity index (χ4v) is 2.63. The van der Waals surface area contributed by atoms with Crippen LogP contribution in [0.2, 0.25) is 5.28 Å². The van der Waals surface area contributed by atoms with Gasteiger partial charge in [0.25, 0.3) is 0 Å². The topological polar surface area (TPSA) is 54.4 Å². The van der Waals surface area contributed by atoms with Crippen LogP contribution < -0.4 is 9.64 Å². The maximum absolute atomic E-state index is 5.96. The lowest BCUT2D eigenvalue weighted by Gasteiger charge is -2.26. The molecule has 1 fully saturated rings. The Morgan fingerprint density at radius 3 is 2.48 bits per heavy atom. The first kappa shape index (κ1) is 16.2. The van der Waals surface area contributed by atoms with Crippen LogP contribution in [0, 0.1) is 0 Å². The van der Waals surface area contributed by atoms with E-state index in [0.29, 0.717) is 18.6 Å². The van der Waals surface area contributed by atoms with E-state index in [1.54, 1.807) is 0 Å². The zero-order valence-electron chi connectivity index (χ0n) is 12.9. The largest absolute Gasteiger partial charge is 0.462 e. The van der Waals surface area contributed by atoms with Gasteiger partial charge in [0.05, 0.1) is 0 Å². The van der Waals surface area contributed by atoms with Crippen molar-refractivity contribution in [3.63, 3.8) is 0 Å². The number of piperidine rings is 1. The van der Waals surface area contributed by atoms with Crippen LogP contribution in [0.3, 0.4) is 0 Å². The molecule has 1 aliphatic heterocycles. The van der Waals surface area contributed by atoms with Gasteiger partial charge in [-0.15, -0.1) is 0 Å². The maximum Gasteiger partial charge on any atom is 0.322 e. The standard InChI is InChI=1S/C14H24ClN5O/c1-3-20(4-2)13-16-12(15)17-14(18-13)21-11-10-19-8-6-5-7-9-19/h3-11H2,1-2H3. The van der Waals surface area contributed by atoms with Crippen molar-refractivity contribution in [3.8, 4) is 6.01 Å². The number of rotatable bonds is 7.